The Morgan fingerprint density at radius 3 is 2.30 bits per heavy atom. The summed E-state index contributed by atoms with van der Waals surface area (Å²) in [5.74, 6) is 1.31. The molecule has 30 heavy (non-hydrogen) atoms. The number of nitrogens with one attached hydrogen (secondary N) is 4. The van der Waals surface area contributed by atoms with Gasteiger partial charge >= 0.3 is 0 Å². The normalized spacial score (nSPS) is 12.4. The second-order valence-electron chi connectivity index (χ2n) is 8.08. The zero-order valence-electron chi connectivity index (χ0n) is 19.5. The van der Waals surface area contributed by atoms with E-state index in [0.717, 1.165) is 31.4 Å². The van der Waals surface area contributed by atoms with Crippen molar-refractivity contribution in [2.75, 3.05) is 42.5 Å². The Morgan fingerprint density at radius 1 is 1.10 bits per heavy atom. The first-order chi connectivity index (χ1) is 14.4. The van der Waals surface area contributed by atoms with Gasteiger partial charge in [0.05, 0.1) is 0 Å². The van der Waals surface area contributed by atoms with Crippen LogP contribution in [0, 0.1) is 5.41 Å². The minimum Gasteiger partial charge on any atom is -0.371 e. The fourth-order valence-electron chi connectivity index (χ4n) is 3.96. The van der Waals surface area contributed by atoms with Crippen molar-refractivity contribution in [1.29, 1.82) is 0 Å². The Morgan fingerprint density at radius 2 is 1.77 bits per heavy atom. The van der Waals surface area contributed by atoms with Gasteiger partial charge in [-0.25, -0.2) is 0 Å². The minimum absolute atomic E-state index is 0.193. The molecule has 7 heteroatoms. The summed E-state index contributed by atoms with van der Waals surface area (Å²) in [6.07, 6.45) is 4.43. The average molecular weight is 415 g/mol. The van der Waals surface area contributed by atoms with Crippen LogP contribution in [0.3, 0.4) is 0 Å². The Hall–Kier alpha value is -2.70. The molecule has 1 aromatic heterocycles. The number of hydrogen-bond acceptors (Lipinski definition) is 5. The first-order valence-corrected chi connectivity index (χ1v) is 10.9. The van der Waals surface area contributed by atoms with Gasteiger partial charge in [0.15, 0.2) is 11.6 Å². The Labute approximate surface area is 181 Å². The zero-order valence-corrected chi connectivity index (χ0v) is 19.5. The van der Waals surface area contributed by atoms with Gasteiger partial charge in [-0.05, 0) is 35.8 Å². The lowest BCUT2D eigenvalue weighted by molar-refractivity contribution is 0.102. The van der Waals surface area contributed by atoms with Crippen molar-refractivity contribution >= 4 is 23.2 Å². The third-order valence-electron chi connectivity index (χ3n) is 6.39. The van der Waals surface area contributed by atoms with Gasteiger partial charge in [-0.1, -0.05) is 58.7 Å². The molecule has 0 spiro atoms. The average Bonchev–Trinajstić information content (AvgIpc) is 3.15. The largest absolute Gasteiger partial charge is 0.371 e. The molecule has 1 amide bonds. The van der Waals surface area contributed by atoms with E-state index in [1.807, 2.05) is 12.1 Å². The van der Waals surface area contributed by atoms with Gasteiger partial charge in [-0.2, -0.15) is 4.79 Å². The van der Waals surface area contributed by atoms with Crippen LogP contribution in [-0.2, 0) is 0 Å². The van der Waals surface area contributed by atoms with Crippen LogP contribution in [0.25, 0.3) is 0 Å². The van der Waals surface area contributed by atoms with E-state index >= 15 is 0 Å². The first-order valence-electron chi connectivity index (χ1n) is 10.9. The number of rotatable bonds is 11. The Balaban J connectivity index is 2.39. The second kappa shape index (κ2) is 10.4. The maximum atomic E-state index is 13.3. The highest BCUT2D eigenvalue weighted by Crippen LogP contribution is 2.41. The molecule has 1 unspecified atom stereocenters. The van der Waals surface area contributed by atoms with E-state index in [0.29, 0.717) is 28.5 Å². The molecule has 0 saturated carbocycles. The summed E-state index contributed by atoms with van der Waals surface area (Å²) in [5, 5.41) is 13.6. The molecule has 0 aliphatic rings. The number of para-hydroxylation sites is 1. The highest BCUT2D eigenvalue weighted by Gasteiger charge is 2.28. The van der Waals surface area contributed by atoms with Crippen molar-refractivity contribution in [3.8, 4) is 0 Å². The monoisotopic (exact) mass is 414 g/mol. The predicted molar refractivity (Wildman–Crippen MR) is 127 cm³/mol. The summed E-state index contributed by atoms with van der Waals surface area (Å²) in [7, 11) is 5.29. The van der Waals surface area contributed by atoms with Gasteiger partial charge in [0.25, 0.3) is 5.91 Å². The molecule has 2 aromatic rings. The molecule has 2 rings (SSSR count). The zero-order chi connectivity index (χ0) is 22.3. The van der Waals surface area contributed by atoms with Gasteiger partial charge in [-0.3, -0.25) is 4.79 Å². The van der Waals surface area contributed by atoms with Crippen LogP contribution in [0.5, 0.6) is 0 Å². The van der Waals surface area contributed by atoms with Gasteiger partial charge in [-0.15, -0.1) is 5.10 Å². The Kier molecular flexibility index (Phi) is 8.15. The number of anilines is 3. The molecule has 0 fully saturated rings. The fraction of sp³-hybridized carbons (Fsp3) is 0.565. The maximum Gasteiger partial charge on any atom is 0.263 e. The lowest BCUT2D eigenvalue weighted by Gasteiger charge is -2.32. The van der Waals surface area contributed by atoms with Crippen molar-refractivity contribution in [3.05, 3.63) is 35.4 Å². The third-order valence-corrected chi connectivity index (χ3v) is 6.39. The molecule has 1 atom stereocenters. The standard InChI is InChI=1S/C23H38N6O/c1-8-16(15-23(4,9-2)10-3)17-13-11-12-14-18(17)27-22(30)19-20(24-5)28-29(26-7)21(19)25-6/h11-14,16,25-26H,8-10,15H2,1-7H3,(H,24,28)(H,27,30). The van der Waals surface area contributed by atoms with E-state index in [-0.39, 0.29) is 5.91 Å². The Bertz CT molecular complexity index is 840. The minimum atomic E-state index is -0.193. The van der Waals surface area contributed by atoms with Crippen LogP contribution < -0.4 is 21.4 Å². The van der Waals surface area contributed by atoms with Crippen molar-refractivity contribution in [1.82, 2.24) is 9.89 Å². The van der Waals surface area contributed by atoms with Crippen LogP contribution in [0.4, 0.5) is 17.3 Å². The molecule has 1 aromatic carbocycles. The summed E-state index contributed by atoms with van der Waals surface area (Å²) < 4.78 is 0. The van der Waals surface area contributed by atoms with Crippen LogP contribution in [-0.4, -0.2) is 36.9 Å². The number of hydrogen-bond donors (Lipinski definition) is 4. The first kappa shape index (κ1) is 23.6. The van der Waals surface area contributed by atoms with Crippen molar-refractivity contribution in [2.45, 2.75) is 59.3 Å². The van der Waals surface area contributed by atoms with Gasteiger partial charge in [0.2, 0.25) is 0 Å². The van der Waals surface area contributed by atoms with E-state index < -0.39 is 0 Å². The van der Waals surface area contributed by atoms with Crippen LogP contribution in [0.15, 0.2) is 24.3 Å². The van der Waals surface area contributed by atoms with E-state index in [1.54, 1.807) is 25.9 Å². The van der Waals surface area contributed by atoms with Crippen LogP contribution in [0.2, 0.25) is 0 Å². The molecular formula is C23H38N6O. The fourth-order valence-corrected chi connectivity index (χ4v) is 3.96. The smallest absolute Gasteiger partial charge is 0.263 e. The van der Waals surface area contributed by atoms with E-state index in [9.17, 15) is 4.79 Å². The number of aromatic nitrogens is 2. The number of carbonyl (C=O) groups is 1. The summed E-state index contributed by atoms with van der Waals surface area (Å²) in [6.45, 7) is 9.12. The SMILES string of the molecule is CCC(CC(C)(CC)CC)c1ccccc1NC(=O)c1c(NC)nn(NC)c1NC. The molecule has 0 aliphatic carbocycles. The summed E-state index contributed by atoms with van der Waals surface area (Å²) in [6, 6.07) is 8.16. The molecule has 7 nitrogen and oxygen atoms in total. The molecule has 0 aliphatic heterocycles. The molecule has 166 valence electrons. The van der Waals surface area contributed by atoms with Gasteiger partial charge in [0.1, 0.15) is 5.56 Å². The number of carbonyl (C=O) groups excluding carboxylic acids is 1. The topological polar surface area (TPSA) is 83.0 Å². The van der Waals surface area contributed by atoms with E-state index in [4.69, 9.17) is 0 Å². The lowest BCUT2D eigenvalue weighted by Crippen LogP contribution is -2.21. The van der Waals surface area contributed by atoms with E-state index in [1.165, 1.54) is 5.56 Å². The lowest BCUT2D eigenvalue weighted by atomic mass is 9.74. The van der Waals surface area contributed by atoms with Crippen LogP contribution >= 0.6 is 0 Å². The second-order valence-corrected chi connectivity index (χ2v) is 8.08. The molecule has 0 bridgehead atoms. The van der Waals surface area contributed by atoms with Gasteiger partial charge in [0, 0.05) is 26.8 Å². The molecule has 1 heterocycles. The molecular weight excluding hydrogens is 376 g/mol. The van der Waals surface area contributed by atoms with Crippen molar-refractivity contribution < 1.29 is 4.79 Å². The van der Waals surface area contributed by atoms with E-state index in [2.05, 4.69) is 66.3 Å². The summed E-state index contributed by atoms with van der Waals surface area (Å²) >= 11 is 0. The highest BCUT2D eigenvalue weighted by atomic mass is 16.1. The quantitative estimate of drug-likeness (QED) is 0.411. The maximum absolute atomic E-state index is 13.3. The number of amides is 1. The third kappa shape index (κ3) is 4.89. The van der Waals surface area contributed by atoms with Crippen molar-refractivity contribution in [3.63, 3.8) is 0 Å². The number of benzene rings is 1. The molecule has 0 radical (unpaired) electrons. The summed E-state index contributed by atoms with van der Waals surface area (Å²) in [4.78, 5) is 14.8. The number of nitrogens with zero attached hydrogens (tertiary/aromatic N) is 2. The van der Waals surface area contributed by atoms with Gasteiger partial charge < -0.3 is 21.4 Å². The van der Waals surface area contributed by atoms with Crippen LogP contribution in [0.1, 0.15) is 75.2 Å². The molecule has 0 saturated heterocycles. The summed E-state index contributed by atoms with van der Waals surface area (Å²) in [5.41, 5.74) is 5.79. The highest BCUT2D eigenvalue weighted by molar-refractivity contribution is 6.11. The predicted octanol–water partition coefficient (Wildman–Crippen LogP) is 5.10. The van der Waals surface area contributed by atoms with Crippen molar-refractivity contribution in [2.24, 2.45) is 5.41 Å². The molecule has 4 N–H and O–H groups in total.